The van der Waals surface area contributed by atoms with Crippen LogP contribution in [0.1, 0.15) is 24.2 Å². The molecule has 0 saturated heterocycles. The van der Waals surface area contributed by atoms with Gasteiger partial charge in [0.15, 0.2) is 0 Å². The number of H-pyrrole nitrogens is 1. The fourth-order valence-corrected chi connectivity index (χ4v) is 1.38. The highest BCUT2D eigenvalue weighted by Crippen LogP contribution is 1.97. The molecule has 0 aliphatic heterocycles. The van der Waals surface area contributed by atoms with Gasteiger partial charge in [-0.25, -0.2) is 0 Å². The first-order chi connectivity index (χ1) is 8.45. The molecule has 98 valence electrons. The summed E-state index contributed by atoms with van der Waals surface area (Å²) in [5.41, 5.74) is 0.0368. The summed E-state index contributed by atoms with van der Waals surface area (Å²) in [6.07, 6.45) is 1.32. The number of hydrogen-bond donors (Lipinski definition) is 2. The molecule has 0 aliphatic rings. The largest absolute Gasteiger partial charge is 0.344 e. The Bertz CT molecular complexity index is 475. The van der Waals surface area contributed by atoms with Crippen LogP contribution in [0.5, 0.6) is 0 Å². The average molecular weight is 251 g/mol. The van der Waals surface area contributed by atoms with E-state index in [2.05, 4.69) is 10.3 Å². The van der Waals surface area contributed by atoms with Gasteiger partial charge in [0.2, 0.25) is 11.5 Å². The second-order valence-electron chi connectivity index (χ2n) is 3.99. The molecule has 6 nitrogen and oxygen atoms in total. The fourth-order valence-electron chi connectivity index (χ4n) is 1.38. The normalized spacial score (nSPS) is 11.7. The van der Waals surface area contributed by atoms with Crippen molar-refractivity contribution in [3.63, 3.8) is 0 Å². The van der Waals surface area contributed by atoms with Gasteiger partial charge in [0.25, 0.3) is 5.91 Å². The highest BCUT2D eigenvalue weighted by molar-refractivity contribution is 5.97. The van der Waals surface area contributed by atoms with E-state index in [4.69, 9.17) is 0 Å². The first-order valence-electron chi connectivity index (χ1n) is 5.70. The smallest absolute Gasteiger partial charge is 0.253 e. The molecule has 0 aliphatic carbocycles. The molecule has 1 heterocycles. The maximum Gasteiger partial charge on any atom is 0.253 e. The minimum atomic E-state index is -0.602. The Morgan fingerprint density at radius 3 is 2.61 bits per heavy atom. The first kappa shape index (κ1) is 14.0. The van der Waals surface area contributed by atoms with Crippen molar-refractivity contribution in [1.29, 1.82) is 0 Å². The zero-order valence-electron chi connectivity index (χ0n) is 10.7. The van der Waals surface area contributed by atoms with Gasteiger partial charge in [0.1, 0.15) is 6.04 Å². The third kappa shape index (κ3) is 3.44. The van der Waals surface area contributed by atoms with E-state index in [1.807, 2.05) is 6.92 Å². The molecule has 0 fully saturated rings. The number of likely N-dealkylation sites (N-methyl/N-ethyl adjacent to an activating group) is 1. The van der Waals surface area contributed by atoms with E-state index in [-0.39, 0.29) is 11.5 Å². The number of rotatable bonds is 4. The third-order valence-corrected chi connectivity index (χ3v) is 2.61. The summed E-state index contributed by atoms with van der Waals surface area (Å²) < 4.78 is 0. The van der Waals surface area contributed by atoms with Crippen LogP contribution in [0.25, 0.3) is 0 Å². The maximum atomic E-state index is 11.8. The highest BCUT2D eigenvalue weighted by Gasteiger charge is 2.18. The number of aromatic amines is 1. The molecule has 6 heteroatoms. The zero-order valence-corrected chi connectivity index (χ0v) is 10.7. The Balaban J connectivity index is 2.67. The molecule has 2 amide bonds. The standard InChI is InChI=1S/C12H17N3O3/c1-4-15(3)12(18)8(2)14-11(17)9-5-6-10(16)13-7-9/h5-8H,4H2,1-3H3,(H,13,16)(H,14,17). The summed E-state index contributed by atoms with van der Waals surface area (Å²) in [4.78, 5) is 38.3. The molecule has 2 N–H and O–H groups in total. The lowest BCUT2D eigenvalue weighted by atomic mass is 10.2. The van der Waals surface area contributed by atoms with Gasteiger partial charge in [0, 0.05) is 25.9 Å². The molecular formula is C12H17N3O3. The van der Waals surface area contributed by atoms with Gasteiger partial charge in [-0.2, -0.15) is 0 Å². The number of pyridine rings is 1. The first-order valence-corrected chi connectivity index (χ1v) is 5.70. The molecular weight excluding hydrogens is 234 g/mol. The lowest BCUT2D eigenvalue weighted by Gasteiger charge is -2.20. The molecule has 1 unspecified atom stereocenters. The molecule has 0 aromatic carbocycles. The van der Waals surface area contributed by atoms with Crippen LogP contribution in [0.15, 0.2) is 23.1 Å². The maximum absolute atomic E-state index is 11.8. The van der Waals surface area contributed by atoms with Gasteiger partial charge in [0.05, 0.1) is 5.56 Å². The number of nitrogens with zero attached hydrogens (tertiary/aromatic N) is 1. The molecule has 0 bridgehead atoms. The summed E-state index contributed by atoms with van der Waals surface area (Å²) in [6.45, 7) is 4.06. The van der Waals surface area contributed by atoms with E-state index in [0.717, 1.165) is 0 Å². The van der Waals surface area contributed by atoms with E-state index in [1.165, 1.54) is 23.2 Å². The van der Waals surface area contributed by atoms with Crippen molar-refractivity contribution in [1.82, 2.24) is 15.2 Å². The number of aromatic nitrogens is 1. The van der Waals surface area contributed by atoms with Crippen molar-refractivity contribution in [2.45, 2.75) is 19.9 Å². The minimum Gasteiger partial charge on any atom is -0.344 e. The molecule has 18 heavy (non-hydrogen) atoms. The summed E-state index contributed by atoms with van der Waals surface area (Å²) in [7, 11) is 1.67. The van der Waals surface area contributed by atoms with Crippen molar-refractivity contribution < 1.29 is 9.59 Å². The fraction of sp³-hybridized carbons (Fsp3) is 0.417. The second kappa shape index (κ2) is 6.00. The Hall–Kier alpha value is -2.11. The van der Waals surface area contributed by atoms with Crippen LogP contribution in [0.4, 0.5) is 0 Å². The molecule has 1 aromatic rings. The molecule has 0 spiro atoms. The lowest BCUT2D eigenvalue weighted by Crippen LogP contribution is -2.45. The highest BCUT2D eigenvalue weighted by atomic mass is 16.2. The van der Waals surface area contributed by atoms with Gasteiger partial charge in [-0.15, -0.1) is 0 Å². The van der Waals surface area contributed by atoms with Crippen LogP contribution in [-0.4, -0.2) is 41.3 Å². The molecule has 1 atom stereocenters. The van der Waals surface area contributed by atoms with Crippen LogP contribution in [-0.2, 0) is 4.79 Å². The van der Waals surface area contributed by atoms with Crippen molar-refractivity contribution in [2.24, 2.45) is 0 Å². The van der Waals surface area contributed by atoms with Crippen molar-refractivity contribution in [2.75, 3.05) is 13.6 Å². The number of carbonyl (C=O) groups is 2. The van der Waals surface area contributed by atoms with E-state index in [9.17, 15) is 14.4 Å². The Kier molecular flexibility index (Phi) is 4.65. The number of nitrogens with one attached hydrogen (secondary N) is 2. The van der Waals surface area contributed by atoms with E-state index >= 15 is 0 Å². The lowest BCUT2D eigenvalue weighted by molar-refractivity contribution is -0.131. The predicted molar refractivity (Wildman–Crippen MR) is 67.3 cm³/mol. The molecule has 0 saturated carbocycles. The molecule has 1 aromatic heterocycles. The van der Waals surface area contributed by atoms with Gasteiger partial charge in [-0.05, 0) is 19.9 Å². The van der Waals surface area contributed by atoms with Crippen LogP contribution in [0.2, 0.25) is 0 Å². The predicted octanol–water partition coefficient (Wildman–Crippen LogP) is -0.0285. The quantitative estimate of drug-likeness (QED) is 0.788. The third-order valence-electron chi connectivity index (χ3n) is 2.61. The minimum absolute atomic E-state index is 0.157. The van der Waals surface area contributed by atoms with Crippen LogP contribution >= 0.6 is 0 Å². The Morgan fingerprint density at radius 1 is 1.44 bits per heavy atom. The number of hydrogen-bond acceptors (Lipinski definition) is 3. The van der Waals surface area contributed by atoms with Gasteiger partial charge >= 0.3 is 0 Å². The van der Waals surface area contributed by atoms with Crippen molar-refractivity contribution in [3.8, 4) is 0 Å². The van der Waals surface area contributed by atoms with Crippen LogP contribution < -0.4 is 10.9 Å². The van der Waals surface area contributed by atoms with Gasteiger partial charge in [-0.1, -0.05) is 0 Å². The van der Waals surface area contributed by atoms with E-state index in [1.54, 1.807) is 14.0 Å². The summed E-state index contributed by atoms with van der Waals surface area (Å²) >= 11 is 0. The summed E-state index contributed by atoms with van der Waals surface area (Å²) in [6, 6.07) is 2.07. The summed E-state index contributed by atoms with van der Waals surface area (Å²) in [5.74, 6) is -0.549. The number of carbonyl (C=O) groups excluding carboxylic acids is 2. The van der Waals surface area contributed by atoms with E-state index < -0.39 is 11.9 Å². The van der Waals surface area contributed by atoms with Gasteiger partial charge in [-0.3, -0.25) is 14.4 Å². The topological polar surface area (TPSA) is 82.3 Å². The van der Waals surface area contributed by atoms with Crippen molar-refractivity contribution in [3.05, 3.63) is 34.2 Å². The zero-order chi connectivity index (χ0) is 13.7. The van der Waals surface area contributed by atoms with Crippen molar-refractivity contribution >= 4 is 11.8 Å². The van der Waals surface area contributed by atoms with Crippen LogP contribution in [0.3, 0.4) is 0 Å². The molecule has 1 rings (SSSR count). The SMILES string of the molecule is CCN(C)C(=O)C(C)NC(=O)c1ccc(=O)[nH]c1. The average Bonchev–Trinajstić information content (AvgIpc) is 2.37. The van der Waals surface area contributed by atoms with Gasteiger partial charge < -0.3 is 15.2 Å². The Labute approximate surface area is 105 Å². The van der Waals surface area contributed by atoms with E-state index in [0.29, 0.717) is 12.1 Å². The van der Waals surface area contributed by atoms with Crippen LogP contribution in [0, 0.1) is 0 Å². The Morgan fingerprint density at radius 2 is 2.11 bits per heavy atom. The monoisotopic (exact) mass is 251 g/mol. The molecule has 0 radical (unpaired) electrons. The summed E-state index contributed by atoms with van der Waals surface area (Å²) in [5, 5.41) is 2.58. The second-order valence-corrected chi connectivity index (χ2v) is 3.99. The number of amides is 2.